The molecular formula is C17H18ClN7. The molecule has 4 rings (SSSR count). The first-order chi connectivity index (χ1) is 11.9. The summed E-state index contributed by atoms with van der Waals surface area (Å²) in [4.78, 5) is 16.3. The summed E-state index contributed by atoms with van der Waals surface area (Å²) in [5.41, 5.74) is 3.32. The first kappa shape index (κ1) is 15.8. The minimum atomic E-state index is 0.155. The van der Waals surface area contributed by atoms with Crippen molar-refractivity contribution in [2.45, 2.75) is 20.8 Å². The van der Waals surface area contributed by atoms with Crippen LogP contribution in [0.5, 0.6) is 0 Å². The van der Waals surface area contributed by atoms with Crippen LogP contribution in [0.2, 0.25) is 5.15 Å². The number of aromatic nitrogens is 6. The first-order valence-corrected chi connectivity index (χ1v) is 8.37. The van der Waals surface area contributed by atoms with Gasteiger partial charge < -0.3 is 10.3 Å². The van der Waals surface area contributed by atoms with Crippen molar-refractivity contribution in [3.63, 3.8) is 0 Å². The normalized spacial score (nSPS) is 12.2. The van der Waals surface area contributed by atoms with E-state index >= 15 is 0 Å². The van der Waals surface area contributed by atoms with Crippen molar-refractivity contribution in [1.82, 2.24) is 29.5 Å². The second kappa shape index (κ2) is 5.70. The smallest absolute Gasteiger partial charge is 0.224 e. The highest BCUT2D eigenvalue weighted by molar-refractivity contribution is 6.29. The van der Waals surface area contributed by atoms with Crippen LogP contribution >= 0.6 is 11.6 Å². The van der Waals surface area contributed by atoms with Gasteiger partial charge in [-0.3, -0.25) is 0 Å². The number of aromatic amines is 1. The van der Waals surface area contributed by atoms with Crippen LogP contribution in [0.25, 0.3) is 27.9 Å². The van der Waals surface area contributed by atoms with Gasteiger partial charge in [-0.15, -0.1) is 0 Å². The molecule has 4 heterocycles. The molecule has 0 saturated heterocycles. The Bertz CT molecular complexity index is 1060. The second-order valence-corrected chi connectivity index (χ2v) is 7.53. The molecule has 0 atom stereocenters. The second-order valence-electron chi connectivity index (χ2n) is 7.14. The molecule has 0 aromatic carbocycles. The van der Waals surface area contributed by atoms with Crippen LogP contribution in [0.15, 0.2) is 30.7 Å². The maximum Gasteiger partial charge on any atom is 0.224 e. The quantitative estimate of drug-likeness (QED) is 0.584. The molecule has 0 saturated carbocycles. The highest BCUT2D eigenvalue weighted by Crippen LogP contribution is 2.27. The van der Waals surface area contributed by atoms with Crippen LogP contribution in [0.3, 0.4) is 0 Å². The maximum atomic E-state index is 6.11. The van der Waals surface area contributed by atoms with Gasteiger partial charge in [0.15, 0.2) is 10.8 Å². The van der Waals surface area contributed by atoms with Crippen LogP contribution in [0.1, 0.15) is 20.8 Å². The lowest BCUT2D eigenvalue weighted by atomic mass is 9.97. The van der Waals surface area contributed by atoms with E-state index in [9.17, 15) is 0 Å². The van der Waals surface area contributed by atoms with E-state index in [2.05, 4.69) is 51.1 Å². The van der Waals surface area contributed by atoms with Crippen LogP contribution in [0, 0.1) is 5.41 Å². The summed E-state index contributed by atoms with van der Waals surface area (Å²) in [7, 11) is 0. The average Bonchev–Trinajstić information content (AvgIpc) is 3.15. The highest BCUT2D eigenvalue weighted by atomic mass is 35.5. The molecule has 128 valence electrons. The zero-order valence-electron chi connectivity index (χ0n) is 14.2. The van der Waals surface area contributed by atoms with Gasteiger partial charge in [-0.1, -0.05) is 32.4 Å². The first-order valence-electron chi connectivity index (χ1n) is 7.99. The molecule has 4 aromatic rings. The number of anilines is 1. The maximum absolute atomic E-state index is 6.11. The molecule has 0 aliphatic carbocycles. The number of hydrogen-bond donors (Lipinski definition) is 2. The summed E-state index contributed by atoms with van der Waals surface area (Å²) in [6.45, 7) is 7.28. The highest BCUT2D eigenvalue weighted by Gasteiger charge is 2.14. The topological polar surface area (TPSA) is 83.8 Å². The average molecular weight is 356 g/mol. The van der Waals surface area contributed by atoms with Gasteiger partial charge in [-0.2, -0.15) is 10.1 Å². The van der Waals surface area contributed by atoms with E-state index in [1.165, 1.54) is 0 Å². The number of halogens is 1. The van der Waals surface area contributed by atoms with Crippen molar-refractivity contribution in [2.24, 2.45) is 5.41 Å². The van der Waals surface area contributed by atoms with E-state index in [-0.39, 0.29) is 5.41 Å². The fourth-order valence-electron chi connectivity index (χ4n) is 2.54. The molecule has 0 fully saturated rings. The van der Waals surface area contributed by atoms with Crippen molar-refractivity contribution in [1.29, 1.82) is 0 Å². The number of fused-ring (bicyclic) bond motifs is 2. The molecule has 4 aromatic heterocycles. The minimum absolute atomic E-state index is 0.155. The third-order valence-corrected chi connectivity index (χ3v) is 4.06. The third-order valence-electron chi connectivity index (χ3n) is 3.81. The predicted octanol–water partition coefficient (Wildman–Crippen LogP) is 3.78. The van der Waals surface area contributed by atoms with Gasteiger partial charge in [0.25, 0.3) is 0 Å². The summed E-state index contributed by atoms with van der Waals surface area (Å²) in [6, 6.07) is 3.79. The van der Waals surface area contributed by atoms with Crippen molar-refractivity contribution in [2.75, 3.05) is 11.9 Å². The Balaban J connectivity index is 1.71. The number of hydrogen-bond acceptors (Lipinski definition) is 5. The van der Waals surface area contributed by atoms with Crippen LogP contribution in [-0.4, -0.2) is 36.1 Å². The van der Waals surface area contributed by atoms with Crippen molar-refractivity contribution >= 4 is 34.2 Å². The van der Waals surface area contributed by atoms with Crippen molar-refractivity contribution in [3.05, 3.63) is 35.9 Å². The number of nitrogens with one attached hydrogen (secondary N) is 2. The van der Waals surface area contributed by atoms with Gasteiger partial charge in [0.05, 0.1) is 11.9 Å². The van der Waals surface area contributed by atoms with Gasteiger partial charge in [0.2, 0.25) is 5.95 Å². The van der Waals surface area contributed by atoms with E-state index in [1.54, 1.807) is 16.9 Å². The molecule has 0 radical (unpaired) electrons. The summed E-state index contributed by atoms with van der Waals surface area (Å²) < 4.78 is 1.61. The van der Waals surface area contributed by atoms with E-state index < -0.39 is 0 Å². The molecule has 7 nitrogen and oxygen atoms in total. The van der Waals surface area contributed by atoms with Crippen molar-refractivity contribution in [3.8, 4) is 11.3 Å². The molecule has 0 aliphatic rings. The molecular weight excluding hydrogens is 338 g/mol. The van der Waals surface area contributed by atoms with Gasteiger partial charge in [-0.05, 0) is 17.5 Å². The van der Waals surface area contributed by atoms with Gasteiger partial charge in [0, 0.05) is 29.9 Å². The Morgan fingerprint density at radius 2 is 2.04 bits per heavy atom. The lowest BCUT2D eigenvalue weighted by molar-refractivity contribution is 0.442. The van der Waals surface area contributed by atoms with E-state index in [1.807, 2.05) is 18.3 Å². The SMILES string of the molecule is CC(C)(C)CNc1ncc2c(-c3ccc4ncc(Cl)n4n3)c[nH]c2n1. The molecule has 0 bridgehead atoms. The van der Waals surface area contributed by atoms with Gasteiger partial charge >= 0.3 is 0 Å². The van der Waals surface area contributed by atoms with E-state index in [0.29, 0.717) is 16.7 Å². The third kappa shape index (κ3) is 3.02. The fraction of sp³-hybridized carbons (Fsp3) is 0.294. The number of nitrogens with zero attached hydrogens (tertiary/aromatic N) is 5. The van der Waals surface area contributed by atoms with E-state index in [0.717, 1.165) is 28.8 Å². The molecule has 25 heavy (non-hydrogen) atoms. The minimum Gasteiger partial charge on any atom is -0.354 e. The molecule has 0 spiro atoms. The molecule has 8 heteroatoms. The lowest BCUT2D eigenvalue weighted by Gasteiger charge is -2.18. The summed E-state index contributed by atoms with van der Waals surface area (Å²) in [6.07, 6.45) is 5.27. The monoisotopic (exact) mass is 355 g/mol. The summed E-state index contributed by atoms with van der Waals surface area (Å²) in [5.74, 6) is 0.608. The fourth-order valence-corrected chi connectivity index (χ4v) is 2.71. The zero-order chi connectivity index (χ0) is 17.6. The Morgan fingerprint density at radius 1 is 1.20 bits per heavy atom. The Morgan fingerprint density at radius 3 is 2.84 bits per heavy atom. The molecule has 0 unspecified atom stereocenters. The van der Waals surface area contributed by atoms with Crippen LogP contribution < -0.4 is 5.32 Å². The Kier molecular flexibility index (Phi) is 3.61. The van der Waals surface area contributed by atoms with Crippen LogP contribution in [0.4, 0.5) is 5.95 Å². The standard InChI is InChI=1S/C17H18ClN7/c1-17(2,3)9-22-16-21-7-11-10(6-20-15(11)23-16)12-4-5-14-19-8-13(18)25(14)24-12/h4-8H,9H2,1-3H3,(H2,20,21,22,23). The Hall–Kier alpha value is -2.67. The van der Waals surface area contributed by atoms with Crippen molar-refractivity contribution < 1.29 is 0 Å². The molecule has 2 N–H and O–H groups in total. The molecule has 0 amide bonds. The summed E-state index contributed by atoms with van der Waals surface area (Å²) in [5, 5.41) is 9.20. The number of imidazole rings is 1. The number of rotatable bonds is 3. The predicted molar refractivity (Wildman–Crippen MR) is 98.8 cm³/mol. The number of H-pyrrole nitrogens is 1. The van der Waals surface area contributed by atoms with Crippen LogP contribution in [-0.2, 0) is 0 Å². The molecule has 0 aliphatic heterocycles. The van der Waals surface area contributed by atoms with Gasteiger partial charge in [-0.25, -0.2) is 14.5 Å². The summed E-state index contributed by atoms with van der Waals surface area (Å²) >= 11 is 6.11. The lowest BCUT2D eigenvalue weighted by Crippen LogP contribution is -2.20. The largest absolute Gasteiger partial charge is 0.354 e. The zero-order valence-corrected chi connectivity index (χ0v) is 15.0. The van der Waals surface area contributed by atoms with Gasteiger partial charge in [0.1, 0.15) is 5.65 Å². The Labute approximate surface area is 149 Å². The van der Waals surface area contributed by atoms with E-state index in [4.69, 9.17) is 11.6 Å².